The molecule has 0 radical (unpaired) electrons. The fourth-order valence-corrected chi connectivity index (χ4v) is 1.97. The molecule has 0 atom stereocenters. The number of rotatable bonds is 4. The maximum atomic E-state index is 8.81. The largest absolute Gasteiger partial charge is 0.493 e. The Morgan fingerprint density at radius 3 is 3.00 bits per heavy atom. The minimum atomic E-state index is 0.356. The highest BCUT2D eigenvalue weighted by Crippen LogP contribution is 2.29. The van der Waals surface area contributed by atoms with Gasteiger partial charge in [0, 0.05) is 6.20 Å². The third-order valence-electron chi connectivity index (χ3n) is 2.90. The summed E-state index contributed by atoms with van der Waals surface area (Å²) in [4.78, 5) is 7.18. The molecule has 104 valence electrons. The lowest BCUT2D eigenvalue weighted by Crippen LogP contribution is -1.94. The molecule has 1 aromatic carbocycles. The summed E-state index contributed by atoms with van der Waals surface area (Å²) >= 11 is 0. The molecular formula is C15H12N4O2. The Kier molecular flexibility index (Phi) is 3.39. The van der Waals surface area contributed by atoms with Gasteiger partial charge in [0.05, 0.1) is 17.7 Å². The van der Waals surface area contributed by atoms with Crippen LogP contribution in [0.25, 0.3) is 22.8 Å². The van der Waals surface area contributed by atoms with Gasteiger partial charge in [0.25, 0.3) is 5.89 Å². The van der Waals surface area contributed by atoms with E-state index in [0.29, 0.717) is 35.3 Å². The molecule has 0 unspecified atom stereocenters. The van der Waals surface area contributed by atoms with Crippen molar-refractivity contribution >= 4 is 0 Å². The lowest BCUT2D eigenvalue weighted by molar-refractivity contribution is 0.341. The Morgan fingerprint density at radius 2 is 2.24 bits per heavy atom. The summed E-state index contributed by atoms with van der Waals surface area (Å²) in [7, 11) is 0. The number of nitrogens with one attached hydrogen (secondary N) is 1. The van der Waals surface area contributed by atoms with Gasteiger partial charge in [-0.3, -0.25) is 0 Å². The maximum Gasteiger partial charge on any atom is 0.259 e. The van der Waals surface area contributed by atoms with E-state index in [9.17, 15) is 0 Å². The van der Waals surface area contributed by atoms with E-state index in [2.05, 4.69) is 15.1 Å². The summed E-state index contributed by atoms with van der Waals surface area (Å²) in [5, 5.41) is 12.8. The quantitative estimate of drug-likeness (QED) is 0.793. The van der Waals surface area contributed by atoms with Crippen molar-refractivity contribution in [1.29, 1.82) is 5.26 Å². The molecule has 2 heterocycles. The first-order valence-electron chi connectivity index (χ1n) is 6.46. The number of para-hydroxylation sites is 1. The van der Waals surface area contributed by atoms with Crippen LogP contribution in [0.15, 0.2) is 41.1 Å². The van der Waals surface area contributed by atoms with Gasteiger partial charge in [-0.05, 0) is 25.1 Å². The van der Waals surface area contributed by atoms with Gasteiger partial charge in [-0.25, -0.2) is 0 Å². The molecule has 0 fully saturated rings. The van der Waals surface area contributed by atoms with E-state index in [1.165, 1.54) is 0 Å². The minimum Gasteiger partial charge on any atom is -0.493 e. The second-order valence-electron chi connectivity index (χ2n) is 4.27. The molecule has 0 aliphatic rings. The first-order valence-corrected chi connectivity index (χ1v) is 6.46. The summed E-state index contributed by atoms with van der Waals surface area (Å²) < 4.78 is 10.8. The molecule has 3 aromatic rings. The van der Waals surface area contributed by atoms with E-state index in [1.807, 2.05) is 37.3 Å². The molecule has 2 aromatic heterocycles. The number of nitrogens with zero attached hydrogens (tertiary/aromatic N) is 3. The molecule has 0 aliphatic carbocycles. The standard InChI is InChI=1S/C15H12N4O2/c1-2-20-13-6-4-3-5-12(13)14-18-15(21-19-14)10-7-11(8-16)17-9-10/h3-7,9,17H,2H2,1H3. The van der Waals surface area contributed by atoms with Crippen LogP contribution in [0, 0.1) is 11.3 Å². The highest BCUT2D eigenvalue weighted by atomic mass is 16.5. The molecule has 6 nitrogen and oxygen atoms in total. The summed E-state index contributed by atoms with van der Waals surface area (Å²) in [5.41, 5.74) is 1.89. The Morgan fingerprint density at radius 1 is 1.38 bits per heavy atom. The number of ether oxygens (including phenoxy) is 1. The van der Waals surface area contributed by atoms with Gasteiger partial charge in [-0.2, -0.15) is 10.2 Å². The Labute approximate surface area is 121 Å². The monoisotopic (exact) mass is 280 g/mol. The number of aromatic nitrogens is 3. The molecule has 0 saturated carbocycles. The second-order valence-corrected chi connectivity index (χ2v) is 4.27. The van der Waals surface area contributed by atoms with Crippen LogP contribution in [0.2, 0.25) is 0 Å². The van der Waals surface area contributed by atoms with Crippen LogP contribution in [-0.2, 0) is 0 Å². The second kappa shape index (κ2) is 5.51. The van der Waals surface area contributed by atoms with Crippen LogP contribution in [-0.4, -0.2) is 21.7 Å². The van der Waals surface area contributed by atoms with Crippen molar-refractivity contribution in [3.05, 3.63) is 42.2 Å². The summed E-state index contributed by atoms with van der Waals surface area (Å²) in [6.45, 7) is 2.48. The zero-order valence-corrected chi connectivity index (χ0v) is 11.3. The summed E-state index contributed by atoms with van der Waals surface area (Å²) in [6.07, 6.45) is 1.66. The van der Waals surface area contributed by atoms with Crippen molar-refractivity contribution < 1.29 is 9.26 Å². The number of nitriles is 1. The predicted octanol–water partition coefficient (Wildman–Crippen LogP) is 3.00. The lowest BCUT2D eigenvalue weighted by atomic mass is 10.2. The van der Waals surface area contributed by atoms with Gasteiger partial charge < -0.3 is 14.2 Å². The average Bonchev–Trinajstić information content (AvgIpc) is 3.17. The smallest absolute Gasteiger partial charge is 0.259 e. The highest BCUT2D eigenvalue weighted by Gasteiger charge is 2.15. The Hall–Kier alpha value is -3.07. The van der Waals surface area contributed by atoms with Crippen molar-refractivity contribution in [3.63, 3.8) is 0 Å². The first kappa shape index (κ1) is 12.9. The fraction of sp³-hybridized carbons (Fsp3) is 0.133. The normalized spacial score (nSPS) is 10.3. The van der Waals surface area contributed by atoms with Crippen LogP contribution in [0.1, 0.15) is 12.6 Å². The molecule has 0 bridgehead atoms. The van der Waals surface area contributed by atoms with Gasteiger partial charge in [0.2, 0.25) is 5.82 Å². The van der Waals surface area contributed by atoms with E-state index >= 15 is 0 Å². The fourth-order valence-electron chi connectivity index (χ4n) is 1.97. The number of hydrogen-bond acceptors (Lipinski definition) is 5. The van der Waals surface area contributed by atoms with Crippen molar-refractivity contribution in [2.24, 2.45) is 0 Å². The Balaban J connectivity index is 1.97. The minimum absolute atomic E-state index is 0.356. The maximum absolute atomic E-state index is 8.81. The van der Waals surface area contributed by atoms with Crippen LogP contribution in [0.3, 0.4) is 0 Å². The SMILES string of the molecule is CCOc1ccccc1-c1noc(-c2c[nH]c(C#N)c2)n1. The zero-order chi connectivity index (χ0) is 14.7. The van der Waals surface area contributed by atoms with Crippen molar-refractivity contribution in [1.82, 2.24) is 15.1 Å². The van der Waals surface area contributed by atoms with Gasteiger partial charge >= 0.3 is 0 Å². The number of aromatic amines is 1. The van der Waals surface area contributed by atoms with Crippen molar-refractivity contribution in [2.75, 3.05) is 6.61 Å². The summed E-state index contributed by atoms with van der Waals surface area (Å²) in [5.74, 6) is 1.52. The number of H-pyrrole nitrogens is 1. The lowest BCUT2D eigenvalue weighted by Gasteiger charge is -2.05. The van der Waals surface area contributed by atoms with Gasteiger partial charge in [-0.1, -0.05) is 17.3 Å². The van der Waals surface area contributed by atoms with Crippen molar-refractivity contribution in [3.8, 4) is 34.7 Å². The van der Waals surface area contributed by atoms with Gasteiger partial charge in [0.15, 0.2) is 0 Å². The van der Waals surface area contributed by atoms with E-state index < -0.39 is 0 Å². The average molecular weight is 280 g/mol. The van der Waals surface area contributed by atoms with Crippen LogP contribution in [0.4, 0.5) is 0 Å². The zero-order valence-electron chi connectivity index (χ0n) is 11.3. The molecule has 6 heteroatoms. The molecule has 0 amide bonds. The van der Waals surface area contributed by atoms with Gasteiger partial charge in [-0.15, -0.1) is 0 Å². The van der Waals surface area contributed by atoms with E-state index in [4.69, 9.17) is 14.5 Å². The van der Waals surface area contributed by atoms with Gasteiger partial charge in [0.1, 0.15) is 17.5 Å². The number of benzene rings is 1. The van der Waals surface area contributed by atoms with Crippen LogP contribution < -0.4 is 4.74 Å². The van der Waals surface area contributed by atoms with Crippen molar-refractivity contribution in [2.45, 2.75) is 6.92 Å². The van der Waals surface area contributed by atoms with Crippen LogP contribution >= 0.6 is 0 Å². The van der Waals surface area contributed by atoms with E-state index in [0.717, 1.165) is 5.56 Å². The Bertz CT molecular complexity index is 798. The van der Waals surface area contributed by atoms with E-state index in [1.54, 1.807) is 12.3 Å². The third kappa shape index (κ3) is 2.49. The topological polar surface area (TPSA) is 87.7 Å². The molecular weight excluding hydrogens is 268 g/mol. The molecule has 0 spiro atoms. The van der Waals surface area contributed by atoms with E-state index in [-0.39, 0.29) is 0 Å². The highest BCUT2D eigenvalue weighted by molar-refractivity contribution is 5.66. The molecule has 0 aliphatic heterocycles. The summed E-state index contributed by atoms with van der Waals surface area (Å²) in [6, 6.07) is 11.2. The van der Waals surface area contributed by atoms with Crippen LogP contribution in [0.5, 0.6) is 5.75 Å². The first-order chi connectivity index (χ1) is 10.3. The third-order valence-corrected chi connectivity index (χ3v) is 2.90. The predicted molar refractivity (Wildman–Crippen MR) is 75.4 cm³/mol. The molecule has 0 saturated heterocycles. The number of hydrogen-bond donors (Lipinski definition) is 1. The molecule has 21 heavy (non-hydrogen) atoms. The molecule has 3 rings (SSSR count). The molecule has 1 N–H and O–H groups in total.